The van der Waals surface area contributed by atoms with Crippen LogP contribution in [-0.4, -0.2) is 37.5 Å². The van der Waals surface area contributed by atoms with E-state index in [0.29, 0.717) is 44.8 Å². The number of hydrogen-bond acceptors (Lipinski definition) is 5. The summed E-state index contributed by atoms with van der Waals surface area (Å²) in [4.78, 5) is 12.3. The van der Waals surface area contributed by atoms with Crippen LogP contribution in [0.4, 0.5) is 0 Å². The van der Waals surface area contributed by atoms with E-state index < -0.39 is 18.0 Å². The fourth-order valence-electron chi connectivity index (χ4n) is 9.02. The summed E-state index contributed by atoms with van der Waals surface area (Å²) in [7, 11) is 0. The van der Waals surface area contributed by atoms with Crippen LogP contribution in [0.2, 0.25) is 0 Å². The first-order valence-corrected chi connectivity index (χ1v) is 22.9. The molecule has 8 bridgehead atoms. The Hall–Kier alpha value is -4.45. The van der Waals surface area contributed by atoms with Gasteiger partial charge in [-0.25, -0.2) is 4.79 Å². The molecule has 330 valence electrons. The topological polar surface area (TPSA) is 74.2 Å². The minimum Gasteiger partial charge on any atom is -0.493 e. The first-order chi connectivity index (χ1) is 28.4. The number of hydrogen-bond donors (Lipinski definition) is 1. The lowest BCUT2D eigenvalue weighted by Crippen LogP contribution is -2.33. The molecule has 6 rings (SSSR count). The second kappa shape index (κ2) is 17.0. The highest BCUT2D eigenvalue weighted by molar-refractivity contribution is 5.73. The maximum Gasteiger partial charge on any atom is 0.341 e. The van der Waals surface area contributed by atoms with E-state index in [2.05, 4.69) is 152 Å². The van der Waals surface area contributed by atoms with Crippen LogP contribution in [0.15, 0.2) is 48.5 Å². The Labute approximate surface area is 367 Å². The van der Waals surface area contributed by atoms with Gasteiger partial charge in [-0.1, -0.05) is 152 Å². The van der Waals surface area contributed by atoms with Gasteiger partial charge in [-0.3, -0.25) is 0 Å². The van der Waals surface area contributed by atoms with Gasteiger partial charge in [-0.15, -0.1) is 0 Å². The molecule has 0 amide bonds. The van der Waals surface area contributed by atoms with E-state index in [1.807, 2.05) is 0 Å². The molecule has 6 heteroatoms. The number of benzene rings is 4. The minimum atomic E-state index is -1.01. The average Bonchev–Trinajstić information content (AvgIpc) is 3.32. The molecule has 4 aromatic carbocycles. The normalized spacial score (nSPS) is 14.7. The van der Waals surface area contributed by atoms with Gasteiger partial charge in [0.2, 0.25) is 0 Å². The van der Waals surface area contributed by atoms with Crippen LogP contribution in [0, 0.1) is 0 Å². The summed E-state index contributed by atoms with van der Waals surface area (Å²) in [6, 6.07) is 18.9. The largest absolute Gasteiger partial charge is 0.493 e. The van der Waals surface area contributed by atoms with Crippen LogP contribution in [0.5, 0.6) is 23.0 Å². The Balaban J connectivity index is 1.93. The third-order valence-electron chi connectivity index (χ3n) is 12.5. The van der Waals surface area contributed by atoms with Gasteiger partial charge in [0.15, 0.2) is 6.61 Å². The number of ether oxygens (including phenoxy) is 4. The van der Waals surface area contributed by atoms with Gasteiger partial charge in [0.1, 0.15) is 23.0 Å². The molecule has 0 heterocycles. The highest BCUT2D eigenvalue weighted by Gasteiger charge is 2.51. The van der Waals surface area contributed by atoms with Crippen molar-refractivity contribution in [3.8, 4) is 23.0 Å². The molecule has 61 heavy (non-hydrogen) atoms. The van der Waals surface area contributed by atoms with Crippen LogP contribution >= 0.6 is 0 Å². The minimum absolute atomic E-state index is 0.108. The second-order valence-electron chi connectivity index (χ2n) is 21.8. The van der Waals surface area contributed by atoms with Gasteiger partial charge in [0, 0.05) is 29.5 Å². The van der Waals surface area contributed by atoms with E-state index in [4.69, 9.17) is 18.9 Å². The first-order valence-electron chi connectivity index (χ1n) is 22.9. The summed E-state index contributed by atoms with van der Waals surface area (Å²) in [6.07, 6.45) is 4.27. The fourth-order valence-corrected chi connectivity index (χ4v) is 9.02. The van der Waals surface area contributed by atoms with E-state index in [1.165, 1.54) is 27.8 Å². The summed E-state index contributed by atoms with van der Waals surface area (Å²) in [5.41, 5.74) is 12.0. The van der Waals surface area contributed by atoms with E-state index in [9.17, 15) is 9.90 Å². The first kappa shape index (κ1) is 46.1. The van der Waals surface area contributed by atoms with Gasteiger partial charge < -0.3 is 24.1 Å². The zero-order valence-corrected chi connectivity index (χ0v) is 40.2. The molecule has 6 nitrogen and oxygen atoms in total. The van der Waals surface area contributed by atoms with Gasteiger partial charge in [-0.2, -0.15) is 0 Å². The summed E-state index contributed by atoms with van der Waals surface area (Å²) in [6.45, 7) is 35.1. The Bertz CT molecular complexity index is 2170. The van der Waals surface area contributed by atoms with Crippen molar-refractivity contribution >= 4 is 5.97 Å². The Morgan fingerprint density at radius 2 is 0.770 bits per heavy atom. The van der Waals surface area contributed by atoms with Gasteiger partial charge in [0.05, 0.1) is 25.2 Å². The van der Waals surface area contributed by atoms with Crippen molar-refractivity contribution in [3.05, 3.63) is 115 Å². The molecule has 0 saturated carbocycles. The predicted molar refractivity (Wildman–Crippen MR) is 250 cm³/mol. The lowest BCUT2D eigenvalue weighted by Gasteiger charge is -2.39. The molecule has 0 aliphatic heterocycles. The summed E-state index contributed by atoms with van der Waals surface area (Å²) in [5, 5.41) is 10.0. The van der Waals surface area contributed by atoms with Crippen molar-refractivity contribution < 1.29 is 28.8 Å². The molecule has 0 radical (unpaired) electrons. The molecule has 0 aromatic heterocycles. The number of aliphatic carboxylic acids is 1. The van der Waals surface area contributed by atoms with Crippen molar-refractivity contribution in [3.63, 3.8) is 0 Å². The molecule has 1 spiro atoms. The van der Waals surface area contributed by atoms with Crippen molar-refractivity contribution in [2.24, 2.45) is 0 Å². The van der Waals surface area contributed by atoms with Crippen LogP contribution in [0.3, 0.4) is 0 Å². The molecule has 0 atom stereocenters. The molecule has 1 N–H and O–H groups in total. The zero-order valence-electron chi connectivity index (χ0n) is 40.2. The smallest absolute Gasteiger partial charge is 0.341 e. The standard InChI is InChI=1S/C55H74O6/c1-16-19-58-48-36-22-34-24-39(51(4,5)6)25-35(47(34)61-33-46(56)57)23-37-27-41(53(10,11)12)30-44(49(37)59-20-17-2)55(43(48)29-40(26-36)52(7,8)9)32-38-28-42(54(13,14)15)31-45(55)50(38)60-21-18-3/h24-31H,16-23,32-33H2,1-15H3,(H,56,57). The number of rotatable bonds is 12. The molecular formula is C55H74O6. The molecule has 0 unspecified atom stereocenters. The average molecular weight is 831 g/mol. The van der Waals surface area contributed by atoms with Crippen molar-refractivity contribution in [2.75, 3.05) is 26.4 Å². The van der Waals surface area contributed by atoms with Gasteiger partial charge in [-0.05, 0) is 97.4 Å². The molecule has 0 fully saturated rings. The second-order valence-corrected chi connectivity index (χ2v) is 21.8. The van der Waals surface area contributed by atoms with E-state index in [0.717, 1.165) is 75.5 Å². The number of fused-ring (bicyclic) bond motifs is 11. The monoisotopic (exact) mass is 831 g/mol. The lowest BCUT2D eigenvalue weighted by molar-refractivity contribution is -0.139. The molecule has 4 aromatic rings. The highest BCUT2D eigenvalue weighted by Crippen LogP contribution is 2.60. The number of carboxylic acid groups (broad SMARTS) is 1. The van der Waals surface area contributed by atoms with Crippen LogP contribution in [0.25, 0.3) is 0 Å². The van der Waals surface area contributed by atoms with Crippen molar-refractivity contribution in [2.45, 2.75) is 169 Å². The summed E-state index contributed by atoms with van der Waals surface area (Å²) >= 11 is 0. The molecular weight excluding hydrogens is 757 g/mol. The summed E-state index contributed by atoms with van der Waals surface area (Å²) < 4.78 is 27.8. The third-order valence-corrected chi connectivity index (χ3v) is 12.5. The third kappa shape index (κ3) is 9.20. The maximum absolute atomic E-state index is 12.3. The van der Waals surface area contributed by atoms with Crippen LogP contribution in [-0.2, 0) is 51.1 Å². The predicted octanol–water partition coefficient (Wildman–Crippen LogP) is 13.1. The Morgan fingerprint density at radius 3 is 1.08 bits per heavy atom. The molecule has 2 aliphatic rings. The van der Waals surface area contributed by atoms with E-state index in [-0.39, 0.29) is 21.7 Å². The maximum atomic E-state index is 12.3. The van der Waals surface area contributed by atoms with E-state index >= 15 is 0 Å². The summed E-state index contributed by atoms with van der Waals surface area (Å²) in [5.74, 6) is 2.32. The number of carbonyl (C=O) groups is 1. The molecule has 0 saturated heterocycles. The van der Waals surface area contributed by atoms with Crippen molar-refractivity contribution in [1.29, 1.82) is 0 Å². The van der Waals surface area contributed by atoms with Gasteiger partial charge >= 0.3 is 5.97 Å². The van der Waals surface area contributed by atoms with Crippen LogP contribution in [0.1, 0.15) is 190 Å². The fraction of sp³-hybridized carbons (Fsp3) is 0.545. The number of carboxylic acids is 1. The van der Waals surface area contributed by atoms with Crippen molar-refractivity contribution in [1.82, 2.24) is 0 Å². The van der Waals surface area contributed by atoms with Gasteiger partial charge in [0.25, 0.3) is 0 Å². The molecule has 2 aliphatic carbocycles. The lowest BCUT2D eigenvalue weighted by atomic mass is 9.65. The highest BCUT2D eigenvalue weighted by atomic mass is 16.5. The SMILES string of the molecule is CCCOc1c2cc(C(C)(C)C)cc1C1(Cc3cc(C(C)(C)C)cc1c3OCCC)c1cc(C(C)(C)C)cc(c1OCCC)Cc1cc(C(C)(C)C)cc(c1OCC(=O)O)C2. The van der Waals surface area contributed by atoms with Crippen LogP contribution < -0.4 is 18.9 Å². The zero-order chi connectivity index (χ0) is 44.9. The Morgan fingerprint density at radius 1 is 0.475 bits per heavy atom. The Kier molecular flexibility index (Phi) is 12.9. The van der Waals surface area contributed by atoms with E-state index in [1.54, 1.807) is 0 Å². The quantitative estimate of drug-likeness (QED) is 0.153.